The maximum absolute atomic E-state index is 3.11. The second kappa shape index (κ2) is 8.66. The van der Waals surface area contributed by atoms with Crippen LogP contribution in [-0.2, 0) is 0 Å². The summed E-state index contributed by atoms with van der Waals surface area (Å²) in [4.78, 5) is 0. The van der Waals surface area contributed by atoms with Crippen LogP contribution in [0.15, 0.2) is 22.9 Å². The van der Waals surface area contributed by atoms with E-state index in [-0.39, 0.29) is 0 Å². The van der Waals surface area contributed by atoms with E-state index in [0.717, 1.165) is 13.1 Å². The molecule has 0 radical (unpaired) electrons. The molecule has 2 heteroatoms. The van der Waals surface area contributed by atoms with E-state index in [2.05, 4.69) is 19.2 Å². The average Bonchev–Trinajstić information content (AvgIpc) is 2.44. The van der Waals surface area contributed by atoms with Gasteiger partial charge in [0.05, 0.1) is 0 Å². The average molecular weight is 157 g/mol. The Morgan fingerprint density at radius 2 is 1.60 bits per heavy atom. The van der Waals surface area contributed by atoms with Crippen LogP contribution in [0.4, 0.5) is 0 Å². The van der Waals surface area contributed by atoms with Crippen LogP contribution in [-0.4, -0.2) is 13.1 Å². The van der Waals surface area contributed by atoms with Gasteiger partial charge in [-0.05, 0) is 23.8 Å². The van der Waals surface area contributed by atoms with Crippen molar-refractivity contribution in [1.82, 2.24) is 5.32 Å². The van der Waals surface area contributed by atoms with Gasteiger partial charge in [0.15, 0.2) is 0 Å². The van der Waals surface area contributed by atoms with Gasteiger partial charge < -0.3 is 5.32 Å². The van der Waals surface area contributed by atoms with Crippen molar-refractivity contribution >= 4 is 11.3 Å². The third-order valence-corrected chi connectivity index (χ3v) is 1.55. The van der Waals surface area contributed by atoms with Crippen LogP contribution in [0.25, 0.3) is 0 Å². The first kappa shape index (κ1) is 9.66. The summed E-state index contributed by atoms with van der Waals surface area (Å²) in [5, 5.41) is 7.19. The summed E-state index contributed by atoms with van der Waals surface area (Å²) in [5.74, 6) is 0. The zero-order chi connectivity index (χ0) is 7.66. The Hall–Kier alpha value is -0.340. The minimum absolute atomic E-state index is 1.09. The molecule has 58 valence electrons. The highest BCUT2D eigenvalue weighted by Gasteiger charge is 1.62. The standard InChI is InChI=1S/C4H11N.C4H4S/c1-3-5-4-2;1-2-4-5-3-1/h5H,3-4H2,1-2H3;1-4H. The molecule has 1 rings (SSSR count). The van der Waals surface area contributed by atoms with Crippen molar-refractivity contribution in [3.05, 3.63) is 22.9 Å². The van der Waals surface area contributed by atoms with E-state index in [1.165, 1.54) is 0 Å². The Morgan fingerprint density at radius 3 is 1.70 bits per heavy atom. The van der Waals surface area contributed by atoms with Crippen molar-refractivity contribution in [2.24, 2.45) is 0 Å². The Balaban J connectivity index is 0.000000162. The van der Waals surface area contributed by atoms with Crippen molar-refractivity contribution in [2.45, 2.75) is 13.8 Å². The zero-order valence-electron chi connectivity index (χ0n) is 6.63. The maximum atomic E-state index is 3.11. The lowest BCUT2D eigenvalue weighted by atomic mass is 10.7. The molecular weight excluding hydrogens is 142 g/mol. The highest BCUT2D eigenvalue weighted by molar-refractivity contribution is 7.07. The third-order valence-electron chi connectivity index (χ3n) is 0.925. The molecule has 0 saturated heterocycles. The van der Waals surface area contributed by atoms with E-state index < -0.39 is 0 Å². The Kier molecular flexibility index (Phi) is 8.37. The zero-order valence-corrected chi connectivity index (χ0v) is 7.45. The molecule has 0 saturated carbocycles. The van der Waals surface area contributed by atoms with Crippen molar-refractivity contribution in [3.63, 3.8) is 0 Å². The van der Waals surface area contributed by atoms with E-state index in [1.807, 2.05) is 22.9 Å². The molecule has 0 fully saturated rings. The van der Waals surface area contributed by atoms with Crippen molar-refractivity contribution in [3.8, 4) is 0 Å². The molecule has 1 N–H and O–H groups in total. The van der Waals surface area contributed by atoms with Gasteiger partial charge in [0.25, 0.3) is 0 Å². The quantitative estimate of drug-likeness (QED) is 0.695. The van der Waals surface area contributed by atoms with Crippen LogP contribution in [0.2, 0.25) is 0 Å². The number of hydrogen-bond acceptors (Lipinski definition) is 2. The van der Waals surface area contributed by atoms with Gasteiger partial charge in [-0.15, -0.1) is 0 Å². The Morgan fingerprint density at radius 1 is 1.10 bits per heavy atom. The van der Waals surface area contributed by atoms with Crippen LogP contribution < -0.4 is 5.32 Å². The first-order valence-corrected chi connectivity index (χ1v) is 4.54. The van der Waals surface area contributed by atoms with E-state index in [9.17, 15) is 0 Å². The van der Waals surface area contributed by atoms with Crippen molar-refractivity contribution < 1.29 is 0 Å². The molecule has 0 aliphatic heterocycles. The predicted octanol–water partition coefficient (Wildman–Crippen LogP) is 2.36. The minimum Gasteiger partial charge on any atom is -0.317 e. The van der Waals surface area contributed by atoms with Gasteiger partial charge in [-0.3, -0.25) is 0 Å². The lowest BCUT2D eigenvalue weighted by molar-refractivity contribution is 0.762. The highest BCUT2D eigenvalue weighted by Crippen LogP contribution is 1.91. The Labute approximate surface area is 67.1 Å². The van der Waals surface area contributed by atoms with Gasteiger partial charge in [-0.25, -0.2) is 0 Å². The maximum Gasteiger partial charge on any atom is -0.00775 e. The van der Waals surface area contributed by atoms with Gasteiger partial charge in [-0.1, -0.05) is 26.0 Å². The number of rotatable bonds is 2. The predicted molar refractivity (Wildman–Crippen MR) is 48.5 cm³/mol. The summed E-state index contributed by atoms with van der Waals surface area (Å²) in [6.45, 7) is 6.39. The normalized spacial score (nSPS) is 8.20. The topological polar surface area (TPSA) is 12.0 Å². The summed E-state index contributed by atoms with van der Waals surface area (Å²) >= 11 is 1.71. The molecule has 0 aliphatic rings. The molecule has 1 aromatic heterocycles. The van der Waals surface area contributed by atoms with Crippen LogP contribution >= 0.6 is 11.3 Å². The second-order valence-electron chi connectivity index (χ2n) is 1.75. The fourth-order valence-electron chi connectivity index (χ4n) is 0.477. The van der Waals surface area contributed by atoms with E-state index >= 15 is 0 Å². The largest absolute Gasteiger partial charge is 0.317 e. The van der Waals surface area contributed by atoms with Crippen LogP contribution in [0, 0.1) is 0 Å². The molecule has 0 bridgehead atoms. The first-order chi connectivity index (χ1) is 4.91. The van der Waals surface area contributed by atoms with Crippen LogP contribution in [0.1, 0.15) is 13.8 Å². The summed E-state index contributed by atoms with van der Waals surface area (Å²) in [6, 6.07) is 4.04. The number of nitrogens with one attached hydrogen (secondary N) is 1. The summed E-state index contributed by atoms with van der Waals surface area (Å²) < 4.78 is 0. The molecule has 1 nitrogen and oxygen atoms in total. The lowest BCUT2D eigenvalue weighted by Crippen LogP contribution is -2.09. The number of thiophene rings is 1. The van der Waals surface area contributed by atoms with Gasteiger partial charge in [0.2, 0.25) is 0 Å². The summed E-state index contributed by atoms with van der Waals surface area (Å²) in [7, 11) is 0. The Bertz CT molecular complexity index is 95.6. The smallest absolute Gasteiger partial charge is 0.00775 e. The fraction of sp³-hybridized carbons (Fsp3) is 0.500. The third kappa shape index (κ3) is 7.66. The molecule has 0 unspecified atom stereocenters. The summed E-state index contributed by atoms with van der Waals surface area (Å²) in [6.07, 6.45) is 0. The SMILES string of the molecule is CCNCC.c1ccsc1. The van der Waals surface area contributed by atoms with Gasteiger partial charge in [0, 0.05) is 0 Å². The monoisotopic (exact) mass is 157 g/mol. The summed E-state index contributed by atoms with van der Waals surface area (Å²) in [5.41, 5.74) is 0. The molecular formula is C8H15NS. The van der Waals surface area contributed by atoms with Gasteiger partial charge in [0.1, 0.15) is 0 Å². The van der Waals surface area contributed by atoms with Crippen LogP contribution in [0.3, 0.4) is 0 Å². The molecule has 0 atom stereocenters. The molecule has 0 amide bonds. The van der Waals surface area contributed by atoms with Crippen LogP contribution in [0.5, 0.6) is 0 Å². The van der Waals surface area contributed by atoms with E-state index in [4.69, 9.17) is 0 Å². The molecule has 0 aliphatic carbocycles. The minimum atomic E-state index is 1.09. The molecule has 10 heavy (non-hydrogen) atoms. The van der Waals surface area contributed by atoms with Crippen molar-refractivity contribution in [2.75, 3.05) is 13.1 Å². The number of hydrogen-bond donors (Lipinski definition) is 1. The molecule has 1 heterocycles. The van der Waals surface area contributed by atoms with Gasteiger partial charge in [-0.2, -0.15) is 11.3 Å². The molecule has 0 aromatic carbocycles. The van der Waals surface area contributed by atoms with E-state index in [1.54, 1.807) is 11.3 Å². The fourth-order valence-corrected chi connectivity index (χ4v) is 0.930. The van der Waals surface area contributed by atoms with Crippen molar-refractivity contribution in [1.29, 1.82) is 0 Å². The highest BCUT2D eigenvalue weighted by atomic mass is 32.1. The first-order valence-electron chi connectivity index (χ1n) is 3.59. The van der Waals surface area contributed by atoms with E-state index in [0.29, 0.717) is 0 Å². The molecule has 0 spiro atoms. The lowest BCUT2D eigenvalue weighted by Gasteiger charge is -1.86. The molecule has 1 aromatic rings. The van der Waals surface area contributed by atoms with Gasteiger partial charge >= 0.3 is 0 Å². The second-order valence-corrected chi connectivity index (χ2v) is 2.57.